The molecule has 1 aliphatic rings. The molecule has 1 fully saturated rings. The Morgan fingerprint density at radius 1 is 1.00 bits per heavy atom. The highest BCUT2D eigenvalue weighted by Crippen LogP contribution is 2.30. The fourth-order valence-electron chi connectivity index (χ4n) is 3.94. The standard InChI is InChI=1S/C24H23N5O3S/c25-24-23(22-13-20(29-32-22)16-5-2-1-3-6-16)28-21(15-27-24)17-8-10-18(11-9-17)33(30,31)19-7-4-12-26-14-19/h1-3,5-6,8-11,13,15,19,26H,4,7,12,14H2,(H2,25,27)/t19-/m0/s1. The Kier molecular flexibility index (Phi) is 5.65. The van der Waals surface area contributed by atoms with Crippen molar-refractivity contribution in [3.05, 3.63) is 66.9 Å². The highest BCUT2D eigenvalue weighted by Gasteiger charge is 2.28. The summed E-state index contributed by atoms with van der Waals surface area (Å²) in [5.41, 5.74) is 9.32. The lowest BCUT2D eigenvalue weighted by atomic mass is 10.1. The summed E-state index contributed by atoms with van der Waals surface area (Å²) in [6, 6.07) is 18.1. The van der Waals surface area contributed by atoms with Crippen molar-refractivity contribution in [2.24, 2.45) is 0 Å². The van der Waals surface area contributed by atoms with Crippen LogP contribution in [-0.4, -0.2) is 41.9 Å². The van der Waals surface area contributed by atoms with Gasteiger partial charge in [0, 0.05) is 23.7 Å². The number of aromatic nitrogens is 3. The van der Waals surface area contributed by atoms with Crippen LogP contribution in [0.15, 0.2) is 76.3 Å². The van der Waals surface area contributed by atoms with Gasteiger partial charge in [-0.15, -0.1) is 0 Å². The van der Waals surface area contributed by atoms with Crippen molar-refractivity contribution >= 4 is 15.7 Å². The van der Waals surface area contributed by atoms with Crippen molar-refractivity contribution < 1.29 is 12.9 Å². The van der Waals surface area contributed by atoms with E-state index in [1.54, 1.807) is 36.5 Å². The number of anilines is 1. The van der Waals surface area contributed by atoms with Crippen LogP contribution in [0.5, 0.6) is 0 Å². The van der Waals surface area contributed by atoms with Gasteiger partial charge >= 0.3 is 0 Å². The highest BCUT2D eigenvalue weighted by atomic mass is 32.2. The Bertz CT molecular complexity index is 1360. The lowest BCUT2D eigenvalue weighted by Crippen LogP contribution is -2.38. The number of hydrogen-bond acceptors (Lipinski definition) is 8. The smallest absolute Gasteiger partial charge is 0.189 e. The van der Waals surface area contributed by atoms with Gasteiger partial charge in [-0.05, 0) is 31.5 Å². The predicted octanol–water partition coefficient (Wildman–Crippen LogP) is 3.57. The molecule has 3 N–H and O–H groups in total. The van der Waals surface area contributed by atoms with Crippen LogP contribution in [0.1, 0.15) is 12.8 Å². The van der Waals surface area contributed by atoms with Crippen LogP contribution in [0, 0.1) is 0 Å². The molecule has 0 unspecified atom stereocenters. The molecule has 33 heavy (non-hydrogen) atoms. The second kappa shape index (κ2) is 8.76. The zero-order valence-corrected chi connectivity index (χ0v) is 18.6. The lowest BCUT2D eigenvalue weighted by molar-refractivity contribution is 0.434. The van der Waals surface area contributed by atoms with E-state index in [1.165, 1.54) is 0 Å². The Balaban J connectivity index is 1.43. The van der Waals surface area contributed by atoms with Crippen LogP contribution in [0.4, 0.5) is 5.82 Å². The largest absolute Gasteiger partial charge is 0.382 e. The van der Waals surface area contributed by atoms with Crippen molar-refractivity contribution in [3.8, 4) is 34.0 Å². The molecule has 0 aliphatic carbocycles. The number of benzene rings is 2. The van der Waals surface area contributed by atoms with Crippen molar-refractivity contribution in [1.82, 2.24) is 20.4 Å². The van der Waals surface area contributed by atoms with Crippen molar-refractivity contribution in [1.29, 1.82) is 0 Å². The number of nitrogens with one attached hydrogen (secondary N) is 1. The lowest BCUT2D eigenvalue weighted by Gasteiger charge is -2.22. The van der Waals surface area contributed by atoms with E-state index in [4.69, 9.17) is 10.3 Å². The van der Waals surface area contributed by atoms with Crippen LogP contribution in [0.25, 0.3) is 34.0 Å². The van der Waals surface area contributed by atoms with Crippen LogP contribution >= 0.6 is 0 Å². The second-order valence-electron chi connectivity index (χ2n) is 7.97. The quantitative estimate of drug-likeness (QED) is 0.462. The minimum Gasteiger partial charge on any atom is -0.382 e. The van der Waals surface area contributed by atoms with Crippen molar-refractivity contribution in [2.45, 2.75) is 23.0 Å². The number of nitrogens with two attached hydrogens (primary N) is 1. The maximum absolute atomic E-state index is 12.9. The van der Waals surface area contributed by atoms with E-state index in [9.17, 15) is 8.42 Å². The first-order chi connectivity index (χ1) is 16.0. The van der Waals surface area contributed by atoms with Gasteiger partial charge < -0.3 is 15.6 Å². The van der Waals surface area contributed by atoms with Gasteiger partial charge in [-0.3, -0.25) is 0 Å². The van der Waals surface area contributed by atoms with Gasteiger partial charge in [-0.25, -0.2) is 18.4 Å². The molecule has 1 atom stereocenters. The highest BCUT2D eigenvalue weighted by molar-refractivity contribution is 7.92. The number of sulfone groups is 1. The Morgan fingerprint density at radius 3 is 2.48 bits per heavy atom. The maximum Gasteiger partial charge on any atom is 0.189 e. The fraction of sp³-hybridized carbons (Fsp3) is 0.208. The average Bonchev–Trinajstić information content (AvgIpc) is 3.36. The average molecular weight is 462 g/mol. The van der Waals surface area contributed by atoms with Gasteiger partial charge in [0.2, 0.25) is 0 Å². The summed E-state index contributed by atoms with van der Waals surface area (Å²) in [4.78, 5) is 9.19. The molecular weight excluding hydrogens is 438 g/mol. The monoisotopic (exact) mass is 461 g/mol. The van der Waals surface area contributed by atoms with Crippen LogP contribution in [0.3, 0.4) is 0 Å². The molecule has 2 aromatic heterocycles. The molecule has 1 saturated heterocycles. The maximum atomic E-state index is 12.9. The third-order valence-electron chi connectivity index (χ3n) is 5.78. The molecule has 4 aromatic rings. The van der Waals surface area contributed by atoms with E-state index in [2.05, 4.69) is 20.4 Å². The summed E-state index contributed by atoms with van der Waals surface area (Å²) in [7, 11) is -3.38. The molecule has 0 saturated carbocycles. The first-order valence-corrected chi connectivity index (χ1v) is 12.3. The molecule has 5 rings (SSSR count). The van der Waals surface area contributed by atoms with E-state index in [1.807, 2.05) is 30.3 Å². The van der Waals surface area contributed by atoms with Crippen molar-refractivity contribution in [3.63, 3.8) is 0 Å². The summed E-state index contributed by atoms with van der Waals surface area (Å²) in [5, 5.41) is 6.89. The second-order valence-corrected chi connectivity index (χ2v) is 10.2. The van der Waals surface area contributed by atoms with Gasteiger partial charge in [0.05, 0.1) is 22.0 Å². The Morgan fingerprint density at radius 2 is 1.76 bits per heavy atom. The first kappa shape index (κ1) is 21.3. The summed E-state index contributed by atoms with van der Waals surface area (Å²) in [6.07, 6.45) is 3.09. The molecule has 2 aromatic carbocycles. The number of nitrogens with zero attached hydrogens (tertiary/aromatic N) is 3. The van der Waals surface area contributed by atoms with Gasteiger partial charge in [0.25, 0.3) is 0 Å². The number of hydrogen-bond donors (Lipinski definition) is 2. The van der Waals surface area contributed by atoms with E-state index in [-0.39, 0.29) is 5.82 Å². The van der Waals surface area contributed by atoms with E-state index < -0.39 is 15.1 Å². The number of rotatable bonds is 5. The minimum absolute atomic E-state index is 0.221. The van der Waals surface area contributed by atoms with Crippen LogP contribution in [-0.2, 0) is 9.84 Å². The topological polar surface area (TPSA) is 124 Å². The molecule has 0 bridgehead atoms. The molecule has 168 valence electrons. The summed E-state index contributed by atoms with van der Waals surface area (Å²) < 4.78 is 31.4. The molecular formula is C24H23N5O3S. The molecule has 1 aliphatic heterocycles. The summed E-state index contributed by atoms with van der Waals surface area (Å²) in [6.45, 7) is 1.35. The first-order valence-electron chi connectivity index (χ1n) is 10.7. The molecule has 3 heterocycles. The van der Waals surface area contributed by atoms with Gasteiger partial charge in [-0.2, -0.15) is 0 Å². The fourth-order valence-corrected chi connectivity index (χ4v) is 5.66. The summed E-state index contributed by atoms with van der Waals surface area (Å²) >= 11 is 0. The zero-order chi connectivity index (χ0) is 22.8. The van der Waals surface area contributed by atoms with Crippen LogP contribution in [0.2, 0.25) is 0 Å². The third-order valence-corrected chi connectivity index (χ3v) is 7.99. The Labute approximate surface area is 191 Å². The predicted molar refractivity (Wildman–Crippen MR) is 126 cm³/mol. The van der Waals surface area contributed by atoms with E-state index in [0.717, 1.165) is 24.1 Å². The number of piperidine rings is 1. The Hall–Kier alpha value is -3.56. The molecule has 0 radical (unpaired) electrons. The summed E-state index contributed by atoms with van der Waals surface area (Å²) in [5.74, 6) is 0.628. The SMILES string of the molecule is Nc1ncc(-c2ccc(S(=O)(=O)[C@H]3CCCNC3)cc2)nc1-c1cc(-c2ccccc2)no1. The zero-order valence-electron chi connectivity index (χ0n) is 17.8. The molecule has 8 nitrogen and oxygen atoms in total. The van der Waals surface area contributed by atoms with Gasteiger partial charge in [0.15, 0.2) is 27.1 Å². The normalized spacial score (nSPS) is 16.5. The third kappa shape index (κ3) is 4.24. The number of nitrogen functional groups attached to an aromatic ring is 1. The molecule has 0 spiro atoms. The van der Waals surface area contributed by atoms with Crippen molar-refractivity contribution in [2.75, 3.05) is 18.8 Å². The van der Waals surface area contributed by atoms with Crippen LogP contribution < -0.4 is 11.1 Å². The molecule has 0 amide bonds. The van der Waals surface area contributed by atoms with Gasteiger partial charge in [-0.1, -0.05) is 47.6 Å². The minimum atomic E-state index is -3.38. The molecule has 9 heteroatoms. The van der Waals surface area contributed by atoms with Gasteiger partial charge in [0.1, 0.15) is 5.69 Å². The van der Waals surface area contributed by atoms with E-state index in [0.29, 0.717) is 40.7 Å². The van der Waals surface area contributed by atoms with E-state index >= 15 is 0 Å².